The molecule has 0 aliphatic carbocycles. The van der Waals surface area contributed by atoms with Gasteiger partial charge in [0.15, 0.2) is 0 Å². The van der Waals surface area contributed by atoms with Crippen molar-refractivity contribution >= 4 is 33.5 Å². The average Bonchev–Trinajstić information content (AvgIpc) is 2.69. The largest absolute Gasteiger partial charge is 0.497 e. The van der Waals surface area contributed by atoms with E-state index in [4.69, 9.17) is 21.1 Å². The molecule has 1 aliphatic rings. The first-order chi connectivity index (χ1) is 14.2. The Labute approximate surface area is 178 Å². The van der Waals surface area contributed by atoms with E-state index in [9.17, 15) is 17.6 Å². The van der Waals surface area contributed by atoms with E-state index >= 15 is 0 Å². The van der Waals surface area contributed by atoms with Crippen LogP contribution in [-0.4, -0.2) is 31.5 Å². The molecule has 0 unspecified atom stereocenters. The first-order valence-electron chi connectivity index (χ1n) is 8.74. The Bertz CT molecular complexity index is 1130. The van der Waals surface area contributed by atoms with Gasteiger partial charge in [-0.2, -0.15) is 8.42 Å². The Kier molecular flexibility index (Phi) is 6.42. The molecule has 10 heteroatoms. The third kappa shape index (κ3) is 4.98. The summed E-state index contributed by atoms with van der Waals surface area (Å²) in [5.41, 5.74) is 1.10. The van der Waals surface area contributed by atoms with Crippen LogP contribution in [0.3, 0.4) is 0 Å². The molecule has 0 N–H and O–H groups in total. The Balaban J connectivity index is 1.77. The van der Waals surface area contributed by atoms with Crippen LogP contribution >= 0.6 is 11.6 Å². The van der Waals surface area contributed by atoms with Gasteiger partial charge in [0.05, 0.1) is 30.0 Å². The molecule has 3 rings (SSSR count). The van der Waals surface area contributed by atoms with E-state index in [2.05, 4.69) is 4.40 Å². The zero-order valence-corrected chi connectivity index (χ0v) is 17.7. The van der Waals surface area contributed by atoms with E-state index in [1.165, 1.54) is 32.4 Å². The Morgan fingerprint density at radius 1 is 1.20 bits per heavy atom. The van der Waals surface area contributed by atoms with Crippen LogP contribution in [0.15, 0.2) is 58.6 Å². The third-order valence-electron chi connectivity index (χ3n) is 4.30. The molecule has 0 fully saturated rings. The van der Waals surface area contributed by atoms with E-state index in [0.29, 0.717) is 16.9 Å². The van der Waals surface area contributed by atoms with Crippen molar-refractivity contribution in [2.24, 2.45) is 4.40 Å². The molecule has 0 radical (unpaired) electrons. The molecule has 2 aromatic carbocycles. The summed E-state index contributed by atoms with van der Waals surface area (Å²) in [7, 11) is -2.46. The highest BCUT2D eigenvalue weighted by Crippen LogP contribution is 2.23. The summed E-state index contributed by atoms with van der Waals surface area (Å²) < 4.78 is 52.9. The van der Waals surface area contributed by atoms with Crippen LogP contribution in [0.2, 0.25) is 5.02 Å². The molecule has 158 valence electrons. The van der Waals surface area contributed by atoms with Crippen LogP contribution in [0.25, 0.3) is 0 Å². The van der Waals surface area contributed by atoms with Crippen LogP contribution in [0.4, 0.5) is 4.39 Å². The minimum absolute atomic E-state index is 0.00318. The van der Waals surface area contributed by atoms with Gasteiger partial charge in [0.1, 0.15) is 18.2 Å². The Morgan fingerprint density at radius 2 is 1.90 bits per heavy atom. The van der Waals surface area contributed by atoms with Crippen molar-refractivity contribution in [1.29, 1.82) is 0 Å². The molecule has 7 nitrogen and oxygen atoms in total. The number of benzene rings is 2. The number of halogens is 2. The van der Waals surface area contributed by atoms with Crippen molar-refractivity contribution in [3.8, 4) is 5.75 Å². The summed E-state index contributed by atoms with van der Waals surface area (Å²) in [6, 6.07) is 10.5. The lowest BCUT2D eigenvalue weighted by molar-refractivity contribution is -0.139. The maximum atomic E-state index is 13.1. The standard InChI is InChI=1S/C20H18ClFN2O5S/c1-13-18(20(25)29-12-15-5-6-16(22)9-19(15)21)11-24(30(26,27)23-13)10-14-3-7-17(28-2)8-4-14/h3-9,11H,10,12H2,1-2H3. The highest BCUT2D eigenvalue weighted by atomic mass is 35.5. The van der Waals surface area contributed by atoms with Gasteiger partial charge in [-0.25, -0.2) is 9.18 Å². The molecule has 1 aliphatic heterocycles. The summed E-state index contributed by atoms with van der Waals surface area (Å²) in [5, 5.41) is 0.120. The fourth-order valence-corrected chi connectivity index (χ4v) is 4.00. The number of carbonyl (C=O) groups is 1. The molecule has 1 heterocycles. The molecule has 0 aromatic heterocycles. The second kappa shape index (κ2) is 8.85. The van der Waals surface area contributed by atoms with Crippen LogP contribution in [-0.2, 0) is 32.9 Å². The normalized spacial score (nSPS) is 15.3. The smallest absolute Gasteiger partial charge is 0.344 e. The van der Waals surface area contributed by atoms with Gasteiger partial charge >= 0.3 is 16.2 Å². The molecule has 0 saturated carbocycles. The minimum Gasteiger partial charge on any atom is -0.497 e. The Morgan fingerprint density at radius 3 is 2.53 bits per heavy atom. The van der Waals surface area contributed by atoms with Crippen LogP contribution in [0.1, 0.15) is 18.1 Å². The van der Waals surface area contributed by atoms with Crippen molar-refractivity contribution in [1.82, 2.24) is 4.31 Å². The molecule has 2 aromatic rings. The summed E-state index contributed by atoms with van der Waals surface area (Å²) >= 11 is 5.93. The molecular weight excluding hydrogens is 435 g/mol. The predicted octanol–water partition coefficient (Wildman–Crippen LogP) is 3.64. The molecule has 30 heavy (non-hydrogen) atoms. The number of hydrogen-bond acceptors (Lipinski definition) is 5. The third-order valence-corrected chi connectivity index (χ3v) is 5.99. The van der Waals surface area contributed by atoms with Crippen LogP contribution in [0.5, 0.6) is 5.75 Å². The predicted molar refractivity (Wildman–Crippen MR) is 110 cm³/mol. The quantitative estimate of drug-likeness (QED) is 0.625. The Hall–Kier alpha value is -2.91. The van der Waals surface area contributed by atoms with Crippen molar-refractivity contribution in [3.05, 3.63) is 76.2 Å². The lowest BCUT2D eigenvalue weighted by atomic mass is 10.2. The molecule has 0 spiro atoms. The van der Waals surface area contributed by atoms with Gasteiger partial charge in [0.25, 0.3) is 0 Å². The van der Waals surface area contributed by atoms with Gasteiger partial charge in [-0.05, 0) is 36.8 Å². The molecule has 0 amide bonds. The minimum atomic E-state index is -3.99. The fourth-order valence-electron chi connectivity index (χ4n) is 2.68. The average molecular weight is 453 g/mol. The van der Waals surface area contributed by atoms with Gasteiger partial charge in [-0.1, -0.05) is 29.8 Å². The van der Waals surface area contributed by atoms with Crippen molar-refractivity contribution in [2.75, 3.05) is 7.11 Å². The zero-order chi connectivity index (χ0) is 21.9. The van der Waals surface area contributed by atoms with Gasteiger partial charge in [-0.15, -0.1) is 4.40 Å². The first-order valence-corrected chi connectivity index (χ1v) is 10.5. The maximum Gasteiger partial charge on any atom is 0.344 e. The van der Waals surface area contributed by atoms with Crippen LogP contribution in [0, 0.1) is 5.82 Å². The number of hydrogen-bond donors (Lipinski definition) is 0. The number of carbonyl (C=O) groups excluding carboxylic acids is 1. The number of esters is 1. The molecule has 0 atom stereocenters. The first kappa shape index (κ1) is 21.8. The lowest BCUT2D eigenvalue weighted by Gasteiger charge is -2.23. The number of nitrogens with zero attached hydrogens (tertiary/aromatic N) is 2. The van der Waals surface area contributed by atoms with Gasteiger partial charge in [-0.3, -0.25) is 4.31 Å². The van der Waals surface area contributed by atoms with Crippen molar-refractivity contribution in [2.45, 2.75) is 20.1 Å². The summed E-state index contributed by atoms with van der Waals surface area (Å²) in [5.74, 6) is -0.646. The molecule has 0 saturated heterocycles. The second-order valence-electron chi connectivity index (χ2n) is 6.40. The second-order valence-corrected chi connectivity index (χ2v) is 8.36. The lowest BCUT2D eigenvalue weighted by Crippen LogP contribution is -2.31. The van der Waals surface area contributed by atoms with Gasteiger partial charge in [0.2, 0.25) is 0 Å². The van der Waals surface area contributed by atoms with Crippen LogP contribution < -0.4 is 4.74 Å². The molecule has 0 bridgehead atoms. The summed E-state index contributed by atoms with van der Waals surface area (Å²) in [6.45, 7) is 1.18. The van der Waals surface area contributed by atoms with Crippen molar-refractivity contribution in [3.63, 3.8) is 0 Å². The van der Waals surface area contributed by atoms with E-state index < -0.39 is 22.0 Å². The maximum absolute atomic E-state index is 13.1. The van der Waals surface area contributed by atoms with E-state index in [0.717, 1.165) is 10.4 Å². The fraction of sp³-hybridized carbons (Fsp3) is 0.200. The molecular formula is C20H18ClFN2O5S. The monoisotopic (exact) mass is 452 g/mol. The van der Waals surface area contributed by atoms with E-state index in [-0.39, 0.29) is 29.5 Å². The van der Waals surface area contributed by atoms with E-state index in [1.54, 1.807) is 24.3 Å². The number of methoxy groups -OCH3 is 1. The summed E-state index contributed by atoms with van der Waals surface area (Å²) in [6.07, 6.45) is 1.19. The highest BCUT2D eigenvalue weighted by Gasteiger charge is 2.29. The topological polar surface area (TPSA) is 85.3 Å². The highest BCUT2D eigenvalue weighted by molar-refractivity contribution is 7.88. The van der Waals surface area contributed by atoms with E-state index in [1.807, 2.05) is 0 Å². The SMILES string of the molecule is COc1ccc(CN2C=C(C(=O)OCc3ccc(F)cc3Cl)C(C)=NS2(=O)=O)cc1. The number of ether oxygens (including phenoxy) is 2. The van der Waals surface area contributed by atoms with Gasteiger partial charge in [0, 0.05) is 11.8 Å². The van der Waals surface area contributed by atoms with Crippen molar-refractivity contribution < 1.29 is 27.1 Å². The zero-order valence-electron chi connectivity index (χ0n) is 16.1. The number of rotatable bonds is 6. The summed E-state index contributed by atoms with van der Waals surface area (Å²) in [4.78, 5) is 12.5. The van der Waals surface area contributed by atoms with Gasteiger partial charge < -0.3 is 9.47 Å².